The molecule has 0 aliphatic heterocycles. The summed E-state index contributed by atoms with van der Waals surface area (Å²) in [7, 11) is 0. The van der Waals surface area contributed by atoms with E-state index in [0.29, 0.717) is 0 Å². The van der Waals surface area contributed by atoms with Crippen LogP contribution in [0.3, 0.4) is 0 Å². The first-order valence-corrected chi connectivity index (χ1v) is 10.7. The van der Waals surface area contributed by atoms with Crippen LogP contribution in [0.2, 0.25) is 0 Å². The summed E-state index contributed by atoms with van der Waals surface area (Å²) >= 11 is 0. The Labute approximate surface area is 160 Å². The monoisotopic (exact) mass is 349 g/mol. The van der Waals surface area contributed by atoms with Crippen molar-refractivity contribution in [3.8, 4) is 0 Å². The summed E-state index contributed by atoms with van der Waals surface area (Å²) in [5.41, 5.74) is 11.0. The second-order valence-electron chi connectivity index (χ2n) is 8.20. The molecule has 1 aliphatic carbocycles. The fourth-order valence-corrected chi connectivity index (χ4v) is 4.40. The molecule has 0 unspecified atom stereocenters. The van der Waals surface area contributed by atoms with Gasteiger partial charge in [0.05, 0.1) is 0 Å². The van der Waals surface area contributed by atoms with Crippen LogP contribution in [0.4, 0.5) is 5.69 Å². The predicted molar refractivity (Wildman–Crippen MR) is 114 cm³/mol. The minimum atomic E-state index is 0.795. The molecule has 26 heavy (non-hydrogen) atoms. The maximum Gasteiger partial charge on any atom is 0.0314 e. The normalized spacial score (nSPS) is 20.2. The van der Waals surface area contributed by atoms with Crippen LogP contribution in [0.25, 0.3) is 0 Å². The first kappa shape index (κ1) is 19.0. The third-order valence-electron chi connectivity index (χ3n) is 6.20. The Balaban J connectivity index is 1.45. The molecule has 1 fully saturated rings. The van der Waals surface area contributed by atoms with Gasteiger partial charge in [-0.2, -0.15) is 0 Å². The van der Waals surface area contributed by atoms with Crippen LogP contribution in [0.5, 0.6) is 0 Å². The third kappa shape index (κ3) is 5.62. The van der Waals surface area contributed by atoms with E-state index in [0.717, 1.165) is 30.4 Å². The van der Waals surface area contributed by atoms with E-state index in [9.17, 15) is 0 Å². The van der Waals surface area contributed by atoms with Crippen LogP contribution in [0, 0.1) is 5.92 Å². The highest BCUT2D eigenvalue weighted by Crippen LogP contribution is 2.37. The first-order valence-electron chi connectivity index (χ1n) is 10.7. The van der Waals surface area contributed by atoms with Crippen LogP contribution in [0.1, 0.15) is 80.9 Å². The lowest BCUT2D eigenvalue weighted by atomic mass is 9.77. The molecule has 2 aromatic carbocycles. The van der Waals surface area contributed by atoms with Crippen LogP contribution in [-0.2, 0) is 12.8 Å². The lowest BCUT2D eigenvalue weighted by Gasteiger charge is -2.29. The number of hydrogen-bond acceptors (Lipinski definition) is 1. The Bertz CT molecular complexity index is 633. The molecule has 0 spiro atoms. The standard InChI is InChI=1S/C25H35N/c1-2-3-4-5-20-8-14-23(15-9-20)24-16-10-21(11-17-24)6-7-22-12-18-25(26)19-13-22/h10-13,16-20,23H,2-9,14-15,26H2,1H3. The van der Waals surface area contributed by atoms with E-state index in [4.69, 9.17) is 5.73 Å². The number of anilines is 1. The summed E-state index contributed by atoms with van der Waals surface area (Å²) in [5.74, 6) is 1.79. The second-order valence-corrected chi connectivity index (χ2v) is 8.20. The Morgan fingerprint density at radius 2 is 1.35 bits per heavy atom. The number of benzene rings is 2. The van der Waals surface area contributed by atoms with Gasteiger partial charge in [0, 0.05) is 5.69 Å². The van der Waals surface area contributed by atoms with Crippen molar-refractivity contribution in [2.75, 3.05) is 5.73 Å². The smallest absolute Gasteiger partial charge is 0.0314 e. The summed E-state index contributed by atoms with van der Waals surface area (Å²) < 4.78 is 0. The molecule has 0 bridgehead atoms. The molecule has 3 rings (SSSR count). The van der Waals surface area contributed by atoms with Crippen molar-refractivity contribution >= 4 is 5.69 Å². The van der Waals surface area contributed by atoms with Gasteiger partial charge in [-0.15, -0.1) is 0 Å². The van der Waals surface area contributed by atoms with E-state index in [2.05, 4.69) is 43.3 Å². The molecule has 0 radical (unpaired) electrons. The molecule has 0 heterocycles. The molecular formula is C25H35N. The Kier molecular flexibility index (Phi) is 7.17. The minimum Gasteiger partial charge on any atom is -0.399 e. The quantitative estimate of drug-likeness (QED) is 0.407. The van der Waals surface area contributed by atoms with Crippen molar-refractivity contribution in [3.63, 3.8) is 0 Å². The van der Waals surface area contributed by atoms with Gasteiger partial charge in [0.1, 0.15) is 0 Å². The largest absolute Gasteiger partial charge is 0.399 e. The maximum absolute atomic E-state index is 5.76. The van der Waals surface area contributed by atoms with E-state index in [1.807, 2.05) is 12.1 Å². The van der Waals surface area contributed by atoms with Crippen molar-refractivity contribution in [3.05, 3.63) is 65.2 Å². The SMILES string of the molecule is CCCCCC1CCC(c2ccc(CCc3ccc(N)cc3)cc2)CC1. The van der Waals surface area contributed by atoms with Crippen LogP contribution in [-0.4, -0.2) is 0 Å². The highest BCUT2D eigenvalue weighted by molar-refractivity contribution is 5.39. The summed E-state index contributed by atoms with van der Waals surface area (Å²) in [4.78, 5) is 0. The molecule has 1 saturated carbocycles. The summed E-state index contributed by atoms with van der Waals surface area (Å²) in [6, 6.07) is 17.8. The van der Waals surface area contributed by atoms with Gasteiger partial charge in [0.25, 0.3) is 0 Å². The number of rotatable bonds is 8. The molecule has 2 aromatic rings. The lowest BCUT2D eigenvalue weighted by molar-refractivity contribution is 0.303. The average Bonchev–Trinajstić information content (AvgIpc) is 2.69. The summed E-state index contributed by atoms with van der Waals surface area (Å²) in [5, 5.41) is 0. The van der Waals surface area contributed by atoms with Gasteiger partial charge in [0.2, 0.25) is 0 Å². The molecule has 0 atom stereocenters. The third-order valence-corrected chi connectivity index (χ3v) is 6.20. The van der Waals surface area contributed by atoms with Crippen LogP contribution >= 0.6 is 0 Å². The highest BCUT2D eigenvalue weighted by Gasteiger charge is 2.21. The van der Waals surface area contributed by atoms with Crippen molar-refractivity contribution in [1.29, 1.82) is 0 Å². The van der Waals surface area contributed by atoms with Crippen molar-refractivity contribution in [1.82, 2.24) is 0 Å². The fourth-order valence-electron chi connectivity index (χ4n) is 4.40. The zero-order valence-electron chi connectivity index (χ0n) is 16.4. The minimum absolute atomic E-state index is 0.795. The second kappa shape index (κ2) is 9.80. The zero-order valence-corrected chi connectivity index (χ0v) is 16.4. The number of hydrogen-bond donors (Lipinski definition) is 1. The Morgan fingerprint density at radius 1 is 0.769 bits per heavy atom. The number of unbranched alkanes of at least 4 members (excludes halogenated alkanes) is 2. The molecule has 140 valence electrons. The molecule has 2 N–H and O–H groups in total. The molecule has 0 amide bonds. The number of nitrogens with two attached hydrogens (primary N) is 1. The first-order chi connectivity index (χ1) is 12.7. The Morgan fingerprint density at radius 3 is 1.92 bits per heavy atom. The maximum atomic E-state index is 5.76. The van der Waals surface area contributed by atoms with Crippen molar-refractivity contribution in [2.45, 2.75) is 77.0 Å². The van der Waals surface area contributed by atoms with Gasteiger partial charge < -0.3 is 5.73 Å². The Hall–Kier alpha value is -1.76. The fraction of sp³-hybridized carbons (Fsp3) is 0.520. The predicted octanol–water partition coefficient (Wildman–Crippen LogP) is 6.91. The van der Waals surface area contributed by atoms with Crippen molar-refractivity contribution in [2.24, 2.45) is 5.92 Å². The van der Waals surface area contributed by atoms with E-state index >= 15 is 0 Å². The van der Waals surface area contributed by atoms with Gasteiger partial charge in [-0.05, 0) is 79.2 Å². The number of nitrogen functional groups attached to an aromatic ring is 1. The van der Waals surface area contributed by atoms with Gasteiger partial charge in [-0.1, -0.05) is 69.0 Å². The van der Waals surface area contributed by atoms with E-state index < -0.39 is 0 Å². The van der Waals surface area contributed by atoms with E-state index in [1.165, 1.54) is 62.5 Å². The number of aryl methyl sites for hydroxylation is 2. The summed E-state index contributed by atoms with van der Waals surface area (Å²) in [6.45, 7) is 2.30. The molecule has 0 aromatic heterocycles. The topological polar surface area (TPSA) is 26.0 Å². The average molecular weight is 350 g/mol. The zero-order chi connectivity index (χ0) is 18.2. The molecule has 0 saturated heterocycles. The van der Waals surface area contributed by atoms with E-state index in [1.54, 1.807) is 5.56 Å². The van der Waals surface area contributed by atoms with Gasteiger partial charge in [-0.25, -0.2) is 0 Å². The van der Waals surface area contributed by atoms with Crippen molar-refractivity contribution < 1.29 is 0 Å². The molecular weight excluding hydrogens is 314 g/mol. The lowest BCUT2D eigenvalue weighted by Crippen LogP contribution is -2.13. The van der Waals surface area contributed by atoms with Gasteiger partial charge in [0.15, 0.2) is 0 Å². The molecule has 1 heteroatoms. The van der Waals surface area contributed by atoms with Gasteiger partial charge >= 0.3 is 0 Å². The van der Waals surface area contributed by atoms with Crippen LogP contribution in [0.15, 0.2) is 48.5 Å². The van der Waals surface area contributed by atoms with Crippen LogP contribution < -0.4 is 5.73 Å². The van der Waals surface area contributed by atoms with E-state index in [-0.39, 0.29) is 0 Å². The molecule has 1 aliphatic rings. The summed E-state index contributed by atoms with van der Waals surface area (Å²) in [6.07, 6.45) is 13.5. The highest BCUT2D eigenvalue weighted by atomic mass is 14.5. The molecule has 1 nitrogen and oxygen atoms in total. The van der Waals surface area contributed by atoms with Gasteiger partial charge in [-0.3, -0.25) is 0 Å².